The van der Waals surface area contributed by atoms with Crippen LogP contribution in [0.4, 0.5) is 14.9 Å². The maximum atomic E-state index is 13.9. The second-order valence-corrected chi connectivity index (χ2v) is 5.56. The van der Waals surface area contributed by atoms with E-state index in [1.54, 1.807) is 17.0 Å². The highest BCUT2D eigenvalue weighted by atomic mass is 35.5. The number of likely N-dealkylation sites (tertiary alicyclic amines) is 1. The van der Waals surface area contributed by atoms with Crippen LogP contribution in [0, 0.1) is 18.2 Å². The lowest BCUT2D eigenvalue weighted by Crippen LogP contribution is -2.52. The first-order chi connectivity index (χ1) is 11.0. The number of hydrogen-bond acceptors (Lipinski definition) is 5. The molecule has 1 fully saturated rings. The monoisotopic (exact) mass is 352 g/mol. The first-order valence-corrected chi connectivity index (χ1v) is 7.32. The number of nitrogens with one attached hydrogen (secondary N) is 1. The molecule has 8 heteroatoms. The molecule has 1 saturated heterocycles. The van der Waals surface area contributed by atoms with Gasteiger partial charge in [-0.2, -0.15) is 0 Å². The number of carbonyl (C=O) groups excluding carboxylic acids is 1. The molecule has 128 valence electrons. The number of carbonyl (C=O) groups is 1. The first-order valence-electron chi connectivity index (χ1n) is 7.32. The van der Waals surface area contributed by atoms with Gasteiger partial charge in [-0.3, -0.25) is 0 Å². The van der Waals surface area contributed by atoms with Crippen LogP contribution in [0.15, 0.2) is 23.2 Å². The van der Waals surface area contributed by atoms with Gasteiger partial charge in [0.15, 0.2) is 6.61 Å². The van der Waals surface area contributed by atoms with Gasteiger partial charge in [0.2, 0.25) is 0 Å². The smallest absolute Gasteiger partial charge is 0.410 e. The topological polar surface area (TPSA) is 80.0 Å². The molecular weight excluding hydrogens is 335 g/mol. The van der Waals surface area contributed by atoms with Crippen molar-refractivity contribution in [3.63, 3.8) is 0 Å². The van der Waals surface area contributed by atoms with Gasteiger partial charge in [-0.15, -0.1) is 18.8 Å². The molecule has 1 amide bonds. The molecule has 0 saturated carbocycles. The van der Waals surface area contributed by atoms with Crippen molar-refractivity contribution in [3.05, 3.63) is 29.6 Å². The van der Waals surface area contributed by atoms with Crippen molar-refractivity contribution < 1.29 is 13.9 Å². The van der Waals surface area contributed by atoms with Crippen molar-refractivity contribution in [1.29, 1.82) is 0 Å². The molecule has 0 aromatic heterocycles. The average molecular weight is 353 g/mol. The zero-order valence-electron chi connectivity index (χ0n) is 12.9. The molecule has 0 aliphatic carbocycles. The molecule has 2 heterocycles. The van der Waals surface area contributed by atoms with Crippen LogP contribution in [0.5, 0.6) is 0 Å². The van der Waals surface area contributed by atoms with E-state index in [2.05, 4.69) is 16.2 Å². The molecule has 6 nitrogen and oxygen atoms in total. The Hall–Kier alpha value is -2.46. The largest absolute Gasteiger partial charge is 0.436 e. The number of hydrogen-bond donors (Lipinski definition) is 2. The molecule has 1 aromatic carbocycles. The summed E-state index contributed by atoms with van der Waals surface area (Å²) >= 11 is 0. The number of terminal acetylenes is 1. The summed E-state index contributed by atoms with van der Waals surface area (Å²) in [6.07, 6.45) is 5.74. The molecule has 0 radical (unpaired) electrons. The fourth-order valence-corrected chi connectivity index (χ4v) is 2.94. The van der Waals surface area contributed by atoms with Crippen molar-refractivity contribution in [3.8, 4) is 12.3 Å². The van der Waals surface area contributed by atoms with E-state index in [1.165, 1.54) is 6.07 Å². The number of anilines is 1. The molecule has 1 spiro atoms. The minimum absolute atomic E-state index is 0. The van der Waals surface area contributed by atoms with Crippen molar-refractivity contribution in [2.45, 2.75) is 18.5 Å². The molecule has 2 aliphatic rings. The van der Waals surface area contributed by atoms with Gasteiger partial charge in [-0.05, 0) is 12.1 Å². The van der Waals surface area contributed by atoms with E-state index >= 15 is 0 Å². The maximum Gasteiger partial charge on any atom is 0.410 e. The van der Waals surface area contributed by atoms with Crippen LogP contribution in [0.3, 0.4) is 0 Å². The minimum atomic E-state index is -0.617. The van der Waals surface area contributed by atoms with Crippen molar-refractivity contribution in [2.75, 3.05) is 25.0 Å². The normalized spacial score (nSPS) is 17.7. The molecule has 24 heavy (non-hydrogen) atoms. The standard InChI is InChI=1S/C16H17FN4O2.ClH/c1-2-10-23-15(22)21-8-6-16(7-9-21)19-12-5-3-4-11(17)13(12)14(18)20-16;/h1,3-5,19H,6-10H2,(H2,18,20);1H. The van der Waals surface area contributed by atoms with E-state index in [0.717, 1.165) is 0 Å². The minimum Gasteiger partial charge on any atom is -0.436 e. The fraction of sp³-hybridized carbons (Fsp3) is 0.375. The van der Waals surface area contributed by atoms with Crippen LogP contribution in [0.1, 0.15) is 18.4 Å². The Morgan fingerprint density at radius 3 is 2.88 bits per heavy atom. The van der Waals surface area contributed by atoms with E-state index in [0.29, 0.717) is 37.2 Å². The summed E-state index contributed by atoms with van der Waals surface area (Å²) < 4.78 is 18.8. The molecule has 3 rings (SSSR count). The fourth-order valence-electron chi connectivity index (χ4n) is 2.94. The van der Waals surface area contributed by atoms with Gasteiger partial charge >= 0.3 is 6.09 Å². The number of amides is 1. The van der Waals surface area contributed by atoms with Gasteiger partial charge < -0.3 is 20.7 Å². The third-order valence-corrected chi connectivity index (χ3v) is 4.10. The van der Waals surface area contributed by atoms with Gasteiger partial charge in [0.05, 0.1) is 5.56 Å². The van der Waals surface area contributed by atoms with Crippen molar-refractivity contribution in [2.24, 2.45) is 10.7 Å². The van der Waals surface area contributed by atoms with E-state index < -0.39 is 17.6 Å². The highest BCUT2D eigenvalue weighted by Crippen LogP contribution is 2.34. The van der Waals surface area contributed by atoms with Crippen LogP contribution >= 0.6 is 12.4 Å². The van der Waals surface area contributed by atoms with Gasteiger partial charge in [0, 0.05) is 31.6 Å². The number of amidine groups is 1. The van der Waals surface area contributed by atoms with E-state index in [1.807, 2.05) is 0 Å². The van der Waals surface area contributed by atoms with Crippen LogP contribution < -0.4 is 11.1 Å². The summed E-state index contributed by atoms with van der Waals surface area (Å²) in [6.45, 7) is 0.867. The van der Waals surface area contributed by atoms with Crippen LogP contribution in [0.2, 0.25) is 0 Å². The molecule has 0 bridgehead atoms. The summed E-state index contributed by atoms with van der Waals surface area (Å²) in [5, 5.41) is 3.27. The van der Waals surface area contributed by atoms with Crippen LogP contribution in [-0.4, -0.2) is 42.2 Å². The predicted molar refractivity (Wildman–Crippen MR) is 91.7 cm³/mol. The Kier molecular flexibility index (Phi) is 5.20. The number of ether oxygens (including phenoxy) is 1. The van der Waals surface area contributed by atoms with E-state index in [9.17, 15) is 9.18 Å². The first kappa shape index (κ1) is 17.9. The summed E-state index contributed by atoms with van der Waals surface area (Å²) in [6, 6.07) is 4.75. The van der Waals surface area contributed by atoms with Crippen LogP contribution in [-0.2, 0) is 4.74 Å². The molecule has 0 unspecified atom stereocenters. The summed E-state index contributed by atoms with van der Waals surface area (Å²) in [5.41, 5.74) is 6.26. The zero-order valence-corrected chi connectivity index (χ0v) is 13.7. The van der Waals surface area contributed by atoms with Crippen molar-refractivity contribution in [1.82, 2.24) is 4.90 Å². The van der Waals surface area contributed by atoms with Gasteiger partial charge in [-0.1, -0.05) is 12.0 Å². The molecule has 0 atom stereocenters. The third kappa shape index (κ3) is 3.24. The summed E-state index contributed by atoms with van der Waals surface area (Å²) in [4.78, 5) is 17.9. The summed E-state index contributed by atoms with van der Waals surface area (Å²) in [5.74, 6) is 2.04. The third-order valence-electron chi connectivity index (χ3n) is 4.10. The van der Waals surface area contributed by atoms with Crippen molar-refractivity contribution >= 4 is 30.0 Å². The highest BCUT2D eigenvalue weighted by molar-refractivity contribution is 6.04. The SMILES string of the molecule is C#CCOC(=O)N1CCC2(CC1)N=C(N)c1c(F)cccc1N2.Cl. The predicted octanol–water partition coefficient (Wildman–Crippen LogP) is 1.94. The van der Waals surface area contributed by atoms with E-state index in [4.69, 9.17) is 16.9 Å². The van der Waals surface area contributed by atoms with E-state index in [-0.39, 0.29) is 24.8 Å². The summed E-state index contributed by atoms with van der Waals surface area (Å²) in [7, 11) is 0. The lowest BCUT2D eigenvalue weighted by atomic mass is 9.94. The van der Waals surface area contributed by atoms with Gasteiger partial charge in [-0.25, -0.2) is 14.2 Å². The Morgan fingerprint density at radius 2 is 2.21 bits per heavy atom. The Morgan fingerprint density at radius 1 is 1.50 bits per heavy atom. The quantitative estimate of drug-likeness (QED) is 0.757. The number of nitrogens with zero attached hydrogens (tertiary/aromatic N) is 2. The lowest BCUT2D eigenvalue weighted by molar-refractivity contribution is 0.0962. The highest BCUT2D eigenvalue weighted by Gasteiger charge is 2.39. The molecular formula is C16H18ClFN4O2. The number of benzene rings is 1. The van der Waals surface area contributed by atoms with Gasteiger partial charge in [0.1, 0.15) is 17.3 Å². The average Bonchev–Trinajstić information content (AvgIpc) is 2.53. The maximum absolute atomic E-state index is 13.9. The second-order valence-electron chi connectivity index (χ2n) is 5.56. The molecule has 1 aromatic rings. The number of aliphatic imine (C=N–C) groups is 1. The zero-order chi connectivity index (χ0) is 16.4. The number of rotatable bonds is 1. The van der Waals surface area contributed by atoms with Crippen LogP contribution in [0.25, 0.3) is 0 Å². The number of halogens is 2. The second kappa shape index (κ2) is 6.97. The number of piperidine rings is 1. The Bertz CT molecular complexity index is 709. The Labute approximate surface area is 145 Å². The van der Waals surface area contributed by atoms with Gasteiger partial charge in [0.25, 0.3) is 0 Å². The Balaban J connectivity index is 0.00000208. The molecule has 3 N–H and O–H groups in total. The number of nitrogens with two attached hydrogens (primary N) is 1. The lowest BCUT2D eigenvalue weighted by Gasteiger charge is -2.42. The molecule has 2 aliphatic heterocycles. The number of fused-ring (bicyclic) bond motifs is 1.